The van der Waals surface area contributed by atoms with E-state index in [9.17, 15) is 4.79 Å². The zero-order chi connectivity index (χ0) is 18.5. The summed E-state index contributed by atoms with van der Waals surface area (Å²) in [5, 5.41) is 6.14. The zero-order valence-electron chi connectivity index (χ0n) is 14.8. The number of hydrogen-bond acceptors (Lipinski definition) is 6. The molecule has 0 spiro atoms. The van der Waals surface area contributed by atoms with Crippen molar-refractivity contribution in [2.75, 3.05) is 35.7 Å². The topological polar surface area (TPSA) is 79.4 Å². The summed E-state index contributed by atoms with van der Waals surface area (Å²) in [7, 11) is 1.74. The zero-order valence-corrected chi connectivity index (χ0v) is 15.5. The lowest BCUT2D eigenvalue weighted by Gasteiger charge is -2.39. The Labute approximate surface area is 157 Å². The van der Waals surface area contributed by atoms with Crippen molar-refractivity contribution in [3.63, 3.8) is 0 Å². The quantitative estimate of drug-likeness (QED) is 0.782. The summed E-state index contributed by atoms with van der Waals surface area (Å²) in [5.41, 5.74) is 0.743. The van der Waals surface area contributed by atoms with Gasteiger partial charge in [0.1, 0.15) is 11.0 Å². The van der Waals surface area contributed by atoms with Crippen molar-refractivity contribution in [3.05, 3.63) is 41.6 Å². The van der Waals surface area contributed by atoms with Gasteiger partial charge in [-0.15, -0.1) is 0 Å². The number of nitrogens with one attached hydrogen (secondary N) is 2. The number of anilines is 3. The fourth-order valence-corrected chi connectivity index (χ4v) is 3.06. The van der Waals surface area contributed by atoms with E-state index < -0.39 is 6.10 Å². The van der Waals surface area contributed by atoms with Gasteiger partial charge in [0.15, 0.2) is 6.10 Å². The van der Waals surface area contributed by atoms with Crippen LogP contribution in [0.2, 0.25) is 5.15 Å². The summed E-state index contributed by atoms with van der Waals surface area (Å²) in [4.78, 5) is 23.3. The Morgan fingerprint density at radius 3 is 2.81 bits per heavy atom. The van der Waals surface area contributed by atoms with Crippen LogP contribution in [0, 0.1) is 0 Å². The average Bonchev–Trinajstić information content (AvgIpc) is 2.67. The third kappa shape index (κ3) is 4.23. The van der Waals surface area contributed by atoms with Crippen molar-refractivity contribution < 1.29 is 9.53 Å². The summed E-state index contributed by atoms with van der Waals surface area (Å²) >= 11 is 6.12. The molecule has 2 aromatic rings. The molecule has 3 rings (SSSR count). The molecule has 2 N–H and O–H groups in total. The summed E-state index contributed by atoms with van der Waals surface area (Å²) in [6, 6.07) is 11.2. The average molecular weight is 376 g/mol. The highest BCUT2D eigenvalue weighted by molar-refractivity contribution is 6.29. The van der Waals surface area contributed by atoms with E-state index >= 15 is 0 Å². The Kier molecular flexibility index (Phi) is 5.90. The number of carbonyl (C=O) groups is 1. The van der Waals surface area contributed by atoms with Gasteiger partial charge in [-0.3, -0.25) is 4.79 Å². The molecule has 1 aliphatic rings. The number of ether oxygens (including phenoxy) is 1. The van der Waals surface area contributed by atoms with Crippen LogP contribution in [-0.4, -0.2) is 48.2 Å². The fraction of sp³-hybridized carbons (Fsp3) is 0.389. The number of benzene rings is 1. The van der Waals surface area contributed by atoms with E-state index in [4.69, 9.17) is 16.3 Å². The summed E-state index contributed by atoms with van der Waals surface area (Å²) in [6.45, 7) is 2.92. The maximum Gasteiger partial charge on any atom is 0.255 e. The first-order chi connectivity index (χ1) is 12.6. The number of carbonyl (C=O) groups excluding carboxylic acids is 1. The number of morpholine rings is 1. The predicted octanol–water partition coefficient (Wildman–Crippen LogP) is 2.79. The molecule has 2 heterocycles. The molecule has 26 heavy (non-hydrogen) atoms. The van der Waals surface area contributed by atoms with Gasteiger partial charge in [-0.05, 0) is 18.6 Å². The second kappa shape index (κ2) is 8.33. The number of halogens is 1. The van der Waals surface area contributed by atoms with Crippen molar-refractivity contribution in [1.82, 2.24) is 9.97 Å². The van der Waals surface area contributed by atoms with E-state index in [-0.39, 0.29) is 11.9 Å². The minimum absolute atomic E-state index is 0.117. The van der Waals surface area contributed by atoms with Gasteiger partial charge >= 0.3 is 0 Å². The van der Waals surface area contributed by atoms with Gasteiger partial charge in [0, 0.05) is 18.8 Å². The Bertz CT molecular complexity index is 759. The second-order valence-corrected chi connectivity index (χ2v) is 6.40. The molecule has 1 aromatic carbocycles. The van der Waals surface area contributed by atoms with E-state index in [0.29, 0.717) is 30.1 Å². The van der Waals surface area contributed by atoms with E-state index in [1.807, 2.05) is 30.3 Å². The minimum atomic E-state index is -0.593. The third-order valence-electron chi connectivity index (χ3n) is 4.30. The molecule has 1 aliphatic heterocycles. The molecule has 8 heteroatoms. The van der Waals surface area contributed by atoms with Crippen molar-refractivity contribution in [1.29, 1.82) is 0 Å². The summed E-state index contributed by atoms with van der Waals surface area (Å²) in [6.07, 6.45) is 0.272. The van der Waals surface area contributed by atoms with Crippen molar-refractivity contribution in [2.45, 2.75) is 25.5 Å². The Morgan fingerprint density at radius 2 is 2.12 bits per heavy atom. The highest BCUT2D eigenvalue weighted by atomic mass is 35.5. The molecule has 1 amide bonds. The van der Waals surface area contributed by atoms with E-state index in [1.165, 1.54) is 0 Å². The molecular weight excluding hydrogens is 354 g/mol. The van der Waals surface area contributed by atoms with Crippen LogP contribution in [0.25, 0.3) is 0 Å². The molecule has 2 atom stereocenters. The molecule has 0 aliphatic carbocycles. The molecule has 1 fully saturated rings. The van der Waals surface area contributed by atoms with Crippen LogP contribution >= 0.6 is 11.6 Å². The molecule has 0 radical (unpaired) electrons. The first kappa shape index (κ1) is 18.4. The Hall–Kier alpha value is -2.38. The molecule has 2 unspecified atom stereocenters. The van der Waals surface area contributed by atoms with E-state index in [2.05, 4.69) is 32.4 Å². The predicted molar refractivity (Wildman–Crippen MR) is 103 cm³/mol. The fourth-order valence-electron chi connectivity index (χ4n) is 2.88. The smallest absolute Gasteiger partial charge is 0.255 e. The van der Waals surface area contributed by atoms with Crippen LogP contribution < -0.4 is 15.5 Å². The van der Waals surface area contributed by atoms with Gasteiger partial charge < -0.3 is 20.3 Å². The minimum Gasteiger partial charge on any atom is -0.364 e. The standard InChI is InChI=1S/C18H22ClN5O2/c1-3-13-11-26-14(17(25)21-12-7-5-4-6-8-12)10-24(13)16-9-15(19)22-18(20-2)23-16/h4-9,13-14H,3,10-11H2,1-2H3,(H,21,25)(H,20,22,23). The molecular formula is C18H22ClN5O2. The van der Waals surface area contributed by atoms with Gasteiger partial charge in [0.2, 0.25) is 5.95 Å². The number of rotatable bonds is 5. The normalized spacial score (nSPS) is 19.9. The lowest BCUT2D eigenvalue weighted by Crippen LogP contribution is -2.53. The van der Waals surface area contributed by atoms with Gasteiger partial charge in [-0.1, -0.05) is 36.7 Å². The molecule has 1 saturated heterocycles. The van der Waals surface area contributed by atoms with Gasteiger partial charge in [0.25, 0.3) is 5.91 Å². The van der Waals surface area contributed by atoms with E-state index in [1.54, 1.807) is 13.1 Å². The summed E-state index contributed by atoms with van der Waals surface area (Å²) < 4.78 is 5.81. The van der Waals surface area contributed by atoms with Crippen LogP contribution in [-0.2, 0) is 9.53 Å². The molecule has 0 saturated carbocycles. The number of aromatic nitrogens is 2. The van der Waals surface area contributed by atoms with Crippen molar-refractivity contribution in [3.8, 4) is 0 Å². The van der Waals surface area contributed by atoms with Gasteiger partial charge in [-0.2, -0.15) is 4.98 Å². The maximum atomic E-state index is 12.6. The third-order valence-corrected chi connectivity index (χ3v) is 4.49. The van der Waals surface area contributed by atoms with Crippen LogP contribution in [0.1, 0.15) is 13.3 Å². The van der Waals surface area contributed by atoms with Gasteiger partial charge in [0.05, 0.1) is 19.2 Å². The number of amides is 1. The first-order valence-corrected chi connectivity index (χ1v) is 8.95. The van der Waals surface area contributed by atoms with Crippen LogP contribution in [0.4, 0.5) is 17.5 Å². The van der Waals surface area contributed by atoms with Crippen LogP contribution in [0.3, 0.4) is 0 Å². The number of para-hydroxylation sites is 1. The Balaban J connectivity index is 1.78. The van der Waals surface area contributed by atoms with Crippen LogP contribution in [0.5, 0.6) is 0 Å². The number of nitrogens with zero attached hydrogens (tertiary/aromatic N) is 3. The van der Waals surface area contributed by atoms with Crippen molar-refractivity contribution in [2.24, 2.45) is 0 Å². The molecule has 0 bridgehead atoms. The largest absolute Gasteiger partial charge is 0.364 e. The van der Waals surface area contributed by atoms with Crippen LogP contribution in [0.15, 0.2) is 36.4 Å². The van der Waals surface area contributed by atoms with E-state index in [0.717, 1.165) is 12.1 Å². The SMILES string of the molecule is CCC1COC(C(=O)Nc2ccccc2)CN1c1cc(Cl)nc(NC)n1. The monoisotopic (exact) mass is 375 g/mol. The maximum absolute atomic E-state index is 12.6. The second-order valence-electron chi connectivity index (χ2n) is 6.01. The first-order valence-electron chi connectivity index (χ1n) is 8.57. The summed E-state index contributed by atoms with van der Waals surface area (Å²) in [5.74, 6) is 0.950. The van der Waals surface area contributed by atoms with Crippen molar-refractivity contribution >= 4 is 35.0 Å². The highest BCUT2D eigenvalue weighted by Crippen LogP contribution is 2.25. The molecule has 7 nitrogen and oxygen atoms in total. The number of hydrogen-bond donors (Lipinski definition) is 2. The Morgan fingerprint density at radius 1 is 1.35 bits per heavy atom. The molecule has 138 valence electrons. The lowest BCUT2D eigenvalue weighted by molar-refractivity contribution is -0.129. The lowest BCUT2D eigenvalue weighted by atomic mass is 10.1. The van der Waals surface area contributed by atoms with Gasteiger partial charge in [-0.25, -0.2) is 4.98 Å². The molecule has 1 aromatic heterocycles. The highest BCUT2D eigenvalue weighted by Gasteiger charge is 2.33.